The minimum Gasteiger partial charge on any atom is -0.376 e. The quantitative estimate of drug-likeness (QED) is 0.759. The van der Waals surface area contributed by atoms with Crippen molar-refractivity contribution >= 4 is 5.91 Å². The number of rotatable bonds is 4. The molecule has 0 aromatic heterocycles. The molecule has 3 aliphatic heterocycles. The van der Waals surface area contributed by atoms with E-state index in [1.807, 2.05) is 0 Å². The zero-order valence-electron chi connectivity index (χ0n) is 11.6. The highest BCUT2D eigenvalue weighted by molar-refractivity contribution is 5.78. The lowest BCUT2D eigenvalue weighted by Crippen LogP contribution is -2.43. The molecule has 0 spiro atoms. The SMILES string of the molecule is O=C(CN1CCC2CCC(C1)N2)NCC1CCCO1. The molecule has 19 heavy (non-hydrogen) atoms. The lowest BCUT2D eigenvalue weighted by Gasteiger charge is -2.23. The van der Waals surface area contributed by atoms with Crippen LogP contribution in [-0.2, 0) is 9.53 Å². The van der Waals surface area contributed by atoms with Crippen LogP contribution in [0.3, 0.4) is 0 Å². The molecule has 0 aromatic carbocycles. The van der Waals surface area contributed by atoms with Gasteiger partial charge in [-0.3, -0.25) is 9.69 Å². The van der Waals surface area contributed by atoms with E-state index in [1.165, 1.54) is 19.3 Å². The molecule has 108 valence electrons. The lowest BCUT2D eigenvalue weighted by molar-refractivity contribution is -0.122. The normalized spacial score (nSPS) is 35.3. The van der Waals surface area contributed by atoms with Gasteiger partial charge in [-0.2, -0.15) is 0 Å². The Kier molecular flexibility index (Phi) is 4.35. The fourth-order valence-corrected chi connectivity index (χ4v) is 3.45. The summed E-state index contributed by atoms with van der Waals surface area (Å²) >= 11 is 0. The maximum absolute atomic E-state index is 12.0. The van der Waals surface area contributed by atoms with Crippen molar-refractivity contribution in [2.24, 2.45) is 0 Å². The van der Waals surface area contributed by atoms with Crippen LogP contribution in [0.2, 0.25) is 0 Å². The fourth-order valence-electron chi connectivity index (χ4n) is 3.45. The van der Waals surface area contributed by atoms with E-state index in [0.717, 1.165) is 32.5 Å². The van der Waals surface area contributed by atoms with Crippen LogP contribution in [0.1, 0.15) is 32.1 Å². The number of nitrogens with zero attached hydrogens (tertiary/aromatic N) is 1. The average Bonchev–Trinajstić information content (AvgIpc) is 2.99. The topological polar surface area (TPSA) is 53.6 Å². The maximum atomic E-state index is 12.0. The number of likely N-dealkylation sites (tertiary alicyclic amines) is 1. The summed E-state index contributed by atoms with van der Waals surface area (Å²) < 4.78 is 5.52. The Hall–Kier alpha value is -0.650. The van der Waals surface area contributed by atoms with Gasteiger partial charge >= 0.3 is 0 Å². The summed E-state index contributed by atoms with van der Waals surface area (Å²) in [6, 6.07) is 1.28. The van der Waals surface area contributed by atoms with Crippen molar-refractivity contribution in [2.75, 3.05) is 32.8 Å². The van der Waals surface area contributed by atoms with Crippen molar-refractivity contribution in [2.45, 2.75) is 50.3 Å². The number of hydrogen-bond donors (Lipinski definition) is 2. The van der Waals surface area contributed by atoms with Crippen molar-refractivity contribution in [3.05, 3.63) is 0 Å². The largest absolute Gasteiger partial charge is 0.376 e. The number of carbonyl (C=O) groups excluding carboxylic acids is 1. The molecular weight excluding hydrogens is 242 g/mol. The predicted octanol–water partition coefficient (Wildman–Crippen LogP) is 0.108. The number of nitrogens with one attached hydrogen (secondary N) is 2. The monoisotopic (exact) mass is 267 g/mol. The second-order valence-electron chi connectivity index (χ2n) is 6.10. The van der Waals surface area contributed by atoms with Gasteiger partial charge in [0.2, 0.25) is 5.91 Å². The van der Waals surface area contributed by atoms with E-state index in [9.17, 15) is 4.79 Å². The molecule has 2 N–H and O–H groups in total. The van der Waals surface area contributed by atoms with E-state index in [0.29, 0.717) is 25.2 Å². The van der Waals surface area contributed by atoms with Gasteiger partial charge in [0.05, 0.1) is 12.6 Å². The Morgan fingerprint density at radius 3 is 3.00 bits per heavy atom. The number of fused-ring (bicyclic) bond motifs is 2. The molecule has 0 radical (unpaired) electrons. The molecule has 0 aromatic rings. The minimum absolute atomic E-state index is 0.147. The molecule has 0 saturated carbocycles. The van der Waals surface area contributed by atoms with Gasteiger partial charge in [0.25, 0.3) is 0 Å². The van der Waals surface area contributed by atoms with E-state index in [-0.39, 0.29) is 12.0 Å². The van der Waals surface area contributed by atoms with Gasteiger partial charge in [-0.25, -0.2) is 0 Å². The second kappa shape index (κ2) is 6.20. The molecule has 5 heteroatoms. The summed E-state index contributed by atoms with van der Waals surface area (Å²) in [7, 11) is 0. The highest BCUT2D eigenvalue weighted by atomic mass is 16.5. The van der Waals surface area contributed by atoms with Gasteiger partial charge in [-0.15, -0.1) is 0 Å². The van der Waals surface area contributed by atoms with Crippen LogP contribution >= 0.6 is 0 Å². The predicted molar refractivity (Wildman–Crippen MR) is 73.0 cm³/mol. The summed E-state index contributed by atoms with van der Waals surface area (Å²) in [6.07, 6.45) is 6.20. The summed E-state index contributed by atoms with van der Waals surface area (Å²) in [5, 5.41) is 6.65. The number of carbonyl (C=O) groups is 1. The first-order chi connectivity index (χ1) is 9.29. The first-order valence-corrected chi connectivity index (χ1v) is 7.66. The van der Waals surface area contributed by atoms with Crippen LogP contribution in [0, 0.1) is 0 Å². The molecule has 3 rings (SSSR count). The Labute approximate surface area is 115 Å². The van der Waals surface area contributed by atoms with Crippen molar-refractivity contribution in [1.82, 2.24) is 15.5 Å². The van der Waals surface area contributed by atoms with Gasteiger partial charge in [-0.05, 0) is 32.1 Å². The third-order valence-corrected chi connectivity index (χ3v) is 4.53. The van der Waals surface area contributed by atoms with Crippen molar-refractivity contribution in [3.63, 3.8) is 0 Å². The third kappa shape index (κ3) is 3.68. The van der Waals surface area contributed by atoms with E-state index in [1.54, 1.807) is 0 Å². The Morgan fingerprint density at radius 2 is 2.16 bits per heavy atom. The van der Waals surface area contributed by atoms with Gasteiger partial charge in [0.15, 0.2) is 0 Å². The summed E-state index contributed by atoms with van der Waals surface area (Å²) in [5.41, 5.74) is 0. The highest BCUT2D eigenvalue weighted by Gasteiger charge is 2.29. The summed E-state index contributed by atoms with van der Waals surface area (Å²) in [5.74, 6) is 0.147. The van der Waals surface area contributed by atoms with Gasteiger partial charge in [-0.1, -0.05) is 0 Å². The number of hydrogen-bond acceptors (Lipinski definition) is 4. The molecule has 3 fully saturated rings. The molecule has 1 amide bonds. The zero-order valence-corrected chi connectivity index (χ0v) is 11.6. The van der Waals surface area contributed by atoms with Crippen molar-refractivity contribution < 1.29 is 9.53 Å². The standard InChI is InChI=1S/C14H25N3O2/c18-14(15-8-13-2-1-7-19-13)10-17-6-5-11-3-4-12(9-17)16-11/h11-13,16H,1-10H2,(H,15,18). The zero-order chi connectivity index (χ0) is 13.1. The second-order valence-corrected chi connectivity index (χ2v) is 6.10. The first-order valence-electron chi connectivity index (χ1n) is 7.66. The summed E-state index contributed by atoms with van der Waals surface area (Å²) in [4.78, 5) is 14.3. The van der Waals surface area contributed by atoms with Crippen molar-refractivity contribution in [1.29, 1.82) is 0 Å². The summed E-state index contributed by atoms with van der Waals surface area (Å²) in [6.45, 7) is 4.13. The maximum Gasteiger partial charge on any atom is 0.234 e. The van der Waals surface area contributed by atoms with E-state index in [2.05, 4.69) is 15.5 Å². The third-order valence-electron chi connectivity index (χ3n) is 4.53. The lowest BCUT2D eigenvalue weighted by atomic mass is 10.1. The molecule has 5 nitrogen and oxygen atoms in total. The van der Waals surface area contributed by atoms with Crippen LogP contribution in [0.15, 0.2) is 0 Å². The van der Waals surface area contributed by atoms with Crippen LogP contribution in [-0.4, -0.2) is 61.8 Å². The highest BCUT2D eigenvalue weighted by Crippen LogP contribution is 2.20. The molecule has 2 bridgehead atoms. The van der Waals surface area contributed by atoms with E-state index in [4.69, 9.17) is 4.74 Å². The Bertz CT molecular complexity index is 318. The molecule has 3 saturated heterocycles. The van der Waals surface area contributed by atoms with Crippen LogP contribution < -0.4 is 10.6 Å². The van der Waals surface area contributed by atoms with Gasteiger partial charge in [0, 0.05) is 38.3 Å². The molecule has 0 aliphatic carbocycles. The molecule has 3 heterocycles. The number of amides is 1. The Balaban J connectivity index is 1.39. The molecule has 3 unspecified atom stereocenters. The first kappa shape index (κ1) is 13.3. The minimum atomic E-state index is 0.147. The van der Waals surface area contributed by atoms with Gasteiger partial charge in [0.1, 0.15) is 0 Å². The van der Waals surface area contributed by atoms with Crippen LogP contribution in [0.5, 0.6) is 0 Å². The van der Waals surface area contributed by atoms with E-state index >= 15 is 0 Å². The van der Waals surface area contributed by atoms with Gasteiger partial charge < -0.3 is 15.4 Å². The van der Waals surface area contributed by atoms with Crippen LogP contribution in [0.25, 0.3) is 0 Å². The van der Waals surface area contributed by atoms with E-state index < -0.39 is 0 Å². The average molecular weight is 267 g/mol. The number of ether oxygens (including phenoxy) is 1. The Morgan fingerprint density at radius 1 is 1.26 bits per heavy atom. The molecule has 3 atom stereocenters. The molecular formula is C14H25N3O2. The molecule has 3 aliphatic rings. The smallest absolute Gasteiger partial charge is 0.234 e. The van der Waals surface area contributed by atoms with Crippen LogP contribution in [0.4, 0.5) is 0 Å². The fraction of sp³-hybridized carbons (Fsp3) is 0.929. The van der Waals surface area contributed by atoms with Crippen molar-refractivity contribution in [3.8, 4) is 0 Å².